The predicted molar refractivity (Wildman–Crippen MR) is 81.4 cm³/mol. The number of hydrazine groups is 1. The fourth-order valence-electron chi connectivity index (χ4n) is 2.05. The number of benzene rings is 1. The van der Waals surface area contributed by atoms with E-state index in [4.69, 9.17) is 5.84 Å². The van der Waals surface area contributed by atoms with E-state index in [1.54, 1.807) is 23.5 Å². The van der Waals surface area contributed by atoms with Crippen LogP contribution in [0.5, 0.6) is 0 Å². The average Bonchev–Trinajstić information content (AvgIpc) is 2.92. The Morgan fingerprint density at radius 1 is 1.32 bits per heavy atom. The van der Waals surface area contributed by atoms with Crippen molar-refractivity contribution < 1.29 is 4.39 Å². The summed E-state index contributed by atoms with van der Waals surface area (Å²) in [5, 5.41) is 2.07. The molecule has 5 heteroatoms. The highest BCUT2D eigenvalue weighted by Crippen LogP contribution is 2.26. The molecule has 3 N–H and O–H groups in total. The van der Waals surface area contributed by atoms with Crippen LogP contribution < -0.4 is 11.3 Å². The van der Waals surface area contributed by atoms with Crippen LogP contribution in [0.15, 0.2) is 40.2 Å². The van der Waals surface area contributed by atoms with E-state index in [1.807, 2.05) is 12.1 Å². The van der Waals surface area contributed by atoms with Crippen LogP contribution in [0.4, 0.5) is 4.39 Å². The number of aryl methyl sites for hydroxylation is 1. The highest BCUT2D eigenvalue weighted by Gasteiger charge is 2.15. The Morgan fingerprint density at radius 2 is 2.16 bits per heavy atom. The Bertz CT molecular complexity index is 516. The molecule has 0 radical (unpaired) electrons. The molecule has 19 heavy (non-hydrogen) atoms. The third-order valence-electron chi connectivity index (χ3n) is 3.05. The topological polar surface area (TPSA) is 38.0 Å². The highest BCUT2D eigenvalue weighted by atomic mass is 79.9. The maximum Gasteiger partial charge on any atom is 0.142 e. The molecule has 1 heterocycles. The molecular weight excluding hydrogens is 327 g/mol. The Balaban J connectivity index is 1.98. The van der Waals surface area contributed by atoms with Gasteiger partial charge < -0.3 is 0 Å². The van der Waals surface area contributed by atoms with Crippen molar-refractivity contribution in [3.63, 3.8) is 0 Å². The minimum absolute atomic E-state index is 0.155. The molecule has 1 unspecified atom stereocenters. The minimum Gasteiger partial charge on any atom is -0.271 e. The van der Waals surface area contributed by atoms with E-state index in [0.717, 1.165) is 19.3 Å². The number of rotatable bonds is 6. The van der Waals surface area contributed by atoms with Crippen molar-refractivity contribution in [2.45, 2.75) is 25.3 Å². The third kappa shape index (κ3) is 3.86. The van der Waals surface area contributed by atoms with Gasteiger partial charge in [-0.1, -0.05) is 18.2 Å². The molecule has 0 fully saturated rings. The molecule has 0 aliphatic heterocycles. The molecular formula is C14H16BrFN2S. The van der Waals surface area contributed by atoms with Crippen LogP contribution in [0.3, 0.4) is 0 Å². The molecule has 0 amide bonds. The van der Waals surface area contributed by atoms with E-state index < -0.39 is 0 Å². The number of nitrogens with two attached hydrogens (primary N) is 1. The maximum atomic E-state index is 14.0. The molecule has 0 aliphatic carbocycles. The second kappa shape index (κ2) is 7.14. The van der Waals surface area contributed by atoms with Gasteiger partial charge >= 0.3 is 0 Å². The van der Waals surface area contributed by atoms with Gasteiger partial charge in [0.25, 0.3) is 0 Å². The van der Waals surface area contributed by atoms with E-state index in [2.05, 4.69) is 32.8 Å². The van der Waals surface area contributed by atoms with Crippen LogP contribution in [-0.4, -0.2) is 0 Å². The van der Waals surface area contributed by atoms with Crippen LogP contribution in [0.1, 0.15) is 29.3 Å². The number of hydrogen-bond acceptors (Lipinski definition) is 3. The van der Waals surface area contributed by atoms with Crippen molar-refractivity contribution in [1.82, 2.24) is 5.43 Å². The molecule has 2 rings (SSSR count). The summed E-state index contributed by atoms with van der Waals surface area (Å²) >= 11 is 4.95. The summed E-state index contributed by atoms with van der Waals surface area (Å²) in [7, 11) is 0. The molecule has 102 valence electrons. The first-order chi connectivity index (χ1) is 9.22. The van der Waals surface area contributed by atoms with Crippen LogP contribution in [0.2, 0.25) is 0 Å². The Morgan fingerprint density at radius 3 is 2.84 bits per heavy atom. The van der Waals surface area contributed by atoms with Gasteiger partial charge in [0, 0.05) is 16.5 Å². The van der Waals surface area contributed by atoms with Crippen LogP contribution in [0.25, 0.3) is 0 Å². The largest absolute Gasteiger partial charge is 0.271 e. The number of hydrogen-bond donors (Lipinski definition) is 2. The smallest absolute Gasteiger partial charge is 0.142 e. The molecule has 0 bridgehead atoms. The Kier molecular flexibility index (Phi) is 5.51. The lowest BCUT2D eigenvalue weighted by molar-refractivity contribution is 0.471. The summed E-state index contributed by atoms with van der Waals surface area (Å²) in [4.78, 5) is 1.35. The fourth-order valence-corrected chi connectivity index (χ4v) is 3.19. The second-order valence-electron chi connectivity index (χ2n) is 4.33. The number of nitrogens with one attached hydrogen (secondary N) is 1. The van der Waals surface area contributed by atoms with E-state index in [1.165, 1.54) is 4.88 Å². The lowest BCUT2D eigenvalue weighted by Crippen LogP contribution is -2.28. The van der Waals surface area contributed by atoms with E-state index in [-0.39, 0.29) is 11.9 Å². The van der Waals surface area contributed by atoms with Crippen molar-refractivity contribution in [2.24, 2.45) is 5.84 Å². The molecule has 0 aliphatic rings. The molecule has 2 nitrogen and oxygen atoms in total. The Hall–Kier alpha value is -0.750. The quantitative estimate of drug-likeness (QED) is 0.610. The van der Waals surface area contributed by atoms with Crippen LogP contribution in [0, 0.1) is 5.82 Å². The summed E-state index contributed by atoms with van der Waals surface area (Å²) in [5.41, 5.74) is 3.32. The van der Waals surface area contributed by atoms with Crippen molar-refractivity contribution in [1.29, 1.82) is 0 Å². The third-order valence-corrected chi connectivity index (χ3v) is 4.60. The van der Waals surface area contributed by atoms with Gasteiger partial charge in [-0.25, -0.2) is 4.39 Å². The summed E-state index contributed by atoms with van der Waals surface area (Å²) in [6, 6.07) is 9.30. The van der Waals surface area contributed by atoms with Crippen molar-refractivity contribution in [3.8, 4) is 0 Å². The molecule has 1 atom stereocenters. The lowest BCUT2D eigenvalue weighted by Gasteiger charge is -2.17. The monoisotopic (exact) mass is 342 g/mol. The maximum absolute atomic E-state index is 14.0. The number of halogens is 2. The van der Waals surface area contributed by atoms with Crippen molar-refractivity contribution in [3.05, 3.63) is 56.4 Å². The van der Waals surface area contributed by atoms with E-state index in [9.17, 15) is 4.39 Å². The van der Waals surface area contributed by atoms with Gasteiger partial charge in [0.05, 0.1) is 4.47 Å². The summed E-state index contributed by atoms with van der Waals surface area (Å²) in [6.45, 7) is 0. The van der Waals surface area contributed by atoms with Gasteiger partial charge in [0.1, 0.15) is 5.82 Å². The first-order valence-corrected chi connectivity index (χ1v) is 7.82. The second-order valence-corrected chi connectivity index (χ2v) is 6.22. The summed E-state index contributed by atoms with van der Waals surface area (Å²) < 4.78 is 14.5. The molecule has 1 aromatic heterocycles. The number of thiophene rings is 1. The zero-order valence-corrected chi connectivity index (χ0v) is 12.8. The van der Waals surface area contributed by atoms with Gasteiger partial charge in [-0.3, -0.25) is 11.3 Å². The van der Waals surface area contributed by atoms with Gasteiger partial charge in [-0.2, -0.15) is 0 Å². The average molecular weight is 343 g/mol. The SMILES string of the molecule is NNC(CCCc1cccs1)c1cccc(Br)c1F. The van der Waals surface area contributed by atoms with E-state index in [0.29, 0.717) is 10.0 Å². The molecule has 2 aromatic rings. The van der Waals surface area contributed by atoms with Crippen molar-refractivity contribution in [2.75, 3.05) is 0 Å². The standard InChI is InChI=1S/C14H16BrFN2S/c15-12-7-2-6-11(14(12)16)13(18-17)8-1-4-10-5-3-9-19-10/h2-3,5-7,9,13,18H,1,4,8,17H2. The zero-order valence-electron chi connectivity index (χ0n) is 10.4. The van der Waals surface area contributed by atoms with Crippen LogP contribution in [-0.2, 0) is 6.42 Å². The first kappa shape index (κ1) is 14.7. The van der Waals surface area contributed by atoms with E-state index >= 15 is 0 Å². The highest BCUT2D eigenvalue weighted by molar-refractivity contribution is 9.10. The van der Waals surface area contributed by atoms with Crippen molar-refractivity contribution >= 4 is 27.3 Å². The summed E-state index contributed by atoms with van der Waals surface area (Å²) in [6.07, 6.45) is 2.79. The van der Waals surface area contributed by atoms with Gasteiger partial charge in [0.15, 0.2) is 0 Å². The fraction of sp³-hybridized carbons (Fsp3) is 0.286. The molecule has 1 aromatic carbocycles. The van der Waals surface area contributed by atoms with Crippen LogP contribution >= 0.6 is 27.3 Å². The Labute approximate surface area is 124 Å². The summed E-state index contributed by atoms with van der Waals surface area (Å²) in [5.74, 6) is 5.32. The van der Waals surface area contributed by atoms with Gasteiger partial charge in [0.2, 0.25) is 0 Å². The lowest BCUT2D eigenvalue weighted by atomic mass is 10.0. The predicted octanol–water partition coefficient (Wildman–Crippen LogP) is 4.18. The zero-order chi connectivity index (χ0) is 13.7. The normalized spacial score (nSPS) is 12.6. The molecule has 0 saturated heterocycles. The first-order valence-electron chi connectivity index (χ1n) is 6.14. The molecule has 0 spiro atoms. The van der Waals surface area contributed by atoms with Gasteiger partial charge in [-0.05, 0) is 52.7 Å². The molecule has 0 saturated carbocycles. The minimum atomic E-state index is -0.235. The van der Waals surface area contributed by atoms with Gasteiger partial charge in [-0.15, -0.1) is 11.3 Å².